The molecule has 57 heavy (non-hydrogen) atoms. The number of ether oxygens (including phenoxy) is 2. The Morgan fingerprint density at radius 2 is 0.860 bits per heavy atom. The van der Waals surface area contributed by atoms with Gasteiger partial charge in [-0.1, -0.05) is 206 Å². The summed E-state index contributed by atoms with van der Waals surface area (Å²) in [6, 6.07) is 0. The van der Waals surface area contributed by atoms with Crippen molar-refractivity contribution in [3.8, 4) is 0 Å². The zero-order chi connectivity index (χ0) is 41.8. The number of allylic oxidation sites excluding steroid dienone is 2. The second-order valence-electron chi connectivity index (χ2n) is 16.3. The number of esters is 2. The van der Waals surface area contributed by atoms with Crippen LogP contribution in [0.2, 0.25) is 0 Å². The summed E-state index contributed by atoms with van der Waals surface area (Å²) < 4.78 is 32.9. The second-order valence-corrected chi connectivity index (χ2v) is 17.8. The van der Waals surface area contributed by atoms with Gasteiger partial charge >= 0.3 is 19.8 Å². The van der Waals surface area contributed by atoms with Crippen LogP contribution in [-0.2, 0) is 32.7 Å². The normalized spacial score (nSPS) is 13.3. The average molecular weight is 830 g/mol. The molecule has 0 aromatic heterocycles. The fourth-order valence-corrected chi connectivity index (χ4v) is 7.81. The zero-order valence-electron chi connectivity index (χ0n) is 37.3. The molecule has 0 heterocycles. The van der Waals surface area contributed by atoms with Gasteiger partial charge in [0.2, 0.25) is 0 Å². The Morgan fingerprint density at radius 1 is 0.509 bits per heavy atom. The summed E-state index contributed by atoms with van der Waals surface area (Å²) in [7, 11) is -4.38. The molecule has 0 radical (unpaired) electrons. The number of unbranched alkanes of at least 4 members (excludes halogenated alkanes) is 31. The number of carbonyl (C=O) groups is 2. The minimum Gasteiger partial charge on any atom is -0.462 e. The van der Waals surface area contributed by atoms with Gasteiger partial charge in [0.1, 0.15) is 6.61 Å². The van der Waals surface area contributed by atoms with Crippen LogP contribution in [0.15, 0.2) is 12.2 Å². The first-order valence-electron chi connectivity index (χ1n) is 24.2. The number of carbonyl (C=O) groups excluding carboxylic acids is 2. The number of hydrogen-bond donors (Lipinski definition) is 2. The fourth-order valence-electron chi connectivity index (χ4n) is 7.04. The first-order valence-corrected chi connectivity index (χ1v) is 25.7. The minimum absolute atomic E-state index is 0.0550. The Hall–Kier alpha value is -1.25. The van der Waals surface area contributed by atoms with Crippen LogP contribution in [-0.4, -0.2) is 49.3 Å². The molecule has 0 aromatic rings. The van der Waals surface area contributed by atoms with Gasteiger partial charge in [-0.15, -0.1) is 0 Å². The summed E-state index contributed by atoms with van der Waals surface area (Å²) in [4.78, 5) is 34.9. The van der Waals surface area contributed by atoms with Crippen molar-refractivity contribution in [3.63, 3.8) is 0 Å². The monoisotopic (exact) mass is 830 g/mol. The summed E-state index contributed by atoms with van der Waals surface area (Å²) in [6.45, 7) is 3.76. The summed E-state index contributed by atoms with van der Waals surface area (Å²) in [5.41, 5.74) is 5.36. The van der Waals surface area contributed by atoms with Crippen molar-refractivity contribution in [2.24, 2.45) is 5.73 Å². The Balaban J connectivity index is 4.02. The second kappa shape index (κ2) is 44.3. The molecule has 0 amide bonds. The van der Waals surface area contributed by atoms with Crippen molar-refractivity contribution < 1.29 is 37.6 Å². The largest absolute Gasteiger partial charge is 0.472 e. The number of phosphoric acid groups is 1. The Bertz CT molecular complexity index is 948. The Morgan fingerprint density at radius 3 is 1.25 bits per heavy atom. The van der Waals surface area contributed by atoms with Crippen molar-refractivity contribution in [1.29, 1.82) is 0 Å². The average Bonchev–Trinajstić information content (AvgIpc) is 3.20. The number of nitrogens with two attached hydrogens (primary N) is 1. The first kappa shape index (κ1) is 55.8. The molecule has 2 atom stereocenters. The van der Waals surface area contributed by atoms with Crippen LogP contribution in [0.5, 0.6) is 0 Å². The molecule has 0 bridgehead atoms. The molecule has 0 rings (SSSR count). The van der Waals surface area contributed by atoms with E-state index < -0.39 is 26.5 Å². The van der Waals surface area contributed by atoms with Crippen molar-refractivity contribution in [3.05, 3.63) is 12.2 Å². The fraction of sp³-hybridized carbons (Fsp3) is 0.915. The van der Waals surface area contributed by atoms with Gasteiger partial charge in [0.15, 0.2) is 6.10 Å². The lowest BCUT2D eigenvalue weighted by Crippen LogP contribution is -2.29. The number of hydrogen-bond acceptors (Lipinski definition) is 8. The summed E-state index contributed by atoms with van der Waals surface area (Å²) in [5.74, 6) is -0.824. The molecule has 0 saturated heterocycles. The standard InChI is InChI=1S/C47H92NO8P/c1-3-5-7-9-11-13-15-17-19-20-21-22-23-24-26-27-29-31-33-35-37-39-46(49)53-43-45(44-55-57(51,52)54-42-41-48)56-47(50)40-38-36-34-32-30-28-25-18-16-14-12-10-8-6-4-2/h18,25,45H,3-17,19-24,26-44,48H2,1-2H3,(H,51,52)/b25-18-. The van der Waals surface area contributed by atoms with Gasteiger partial charge in [0.05, 0.1) is 13.2 Å². The van der Waals surface area contributed by atoms with E-state index in [9.17, 15) is 19.0 Å². The van der Waals surface area contributed by atoms with E-state index in [0.717, 1.165) is 51.4 Å². The topological polar surface area (TPSA) is 134 Å². The van der Waals surface area contributed by atoms with E-state index >= 15 is 0 Å². The smallest absolute Gasteiger partial charge is 0.462 e. The molecule has 0 saturated carbocycles. The third-order valence-electron chi connectivity index (χ3n) is 10.7. The minimum atomic E-state index is -4.38. The molecule has 0 aliphatic rings. The molecular weight excluding hydrogens is 737 g/mol. The van der Waals surface area contributed by atoms with E-state index in [1.807, 2.05) is 0 Å². The lowest BCUT2D eigenvalue weighted by Gasteiger charge is -2.19. The van der Waals surface area contributed by atoms with Crippen LogP contribution in [0.25, 0.3) is 0 Å². The highest BCUT2D eigenvalue weighted by atomic mass is 31.2. The quantitative estimate of drug-likeness (QED) is 0.0266. The number of phosphoric ester groups is 1. The molecule has 2 unspecified atom stereocenters. The van der Waals surface area contributed by atoms with Crippen LogP contribution in [0, 0.1) is 0 Å². The SMILES string of the molecule is CCCCCCCC/C=C\CCCCCCCC(=O)OC(COC(=O)CCCCCCCCCCCCCCCCCCCCCCC)COP(=O)(O)OCCN. The summed E-state index contributed by atoms with van der Waals surface area (Å²) >= 11 is 0. The number of rotatable bonds is 46. The molecular formula is C47H92NO8P. The van der Waals surface area contributed by atoms with Gasteiger partial charge in [-0.2, -0.15) is 0 Å². The third kappa shape index (κ3) is 44.1. The van der Waals surface area contributed by atoms with Gasteiger partial charge in [0.25, 0.3) is 0 Å². The summed E-state index contributed by atoms with van der Waals surface area (Å²) in [6.07, 6.45) is 46.8. The van der Waals surface area contributed by atoms with E-state index in [-0.39, 0.29) is 38.6 Å². The van der Waals surface area contributed by atoms with Gasteiger partial charge in [-0.05, 0) is 38.5 Å². The Kier molecular flexibility index (Phi) is 43.3. The highest BCUT2D eigenvalue weighted by Gasteiger charge is 2.26. The molecule has 3 N–H and O–H groups in total. The maximum Gasteiger partial charge on any atom is 0.472 e. The highest BCUT2D eigenvalue weighted by Crippen LogP contribution is 2.43. The van der Waals surface area contributed by atoms with Gasteiger partial charge in [0, 0.05) is 19.4 Å². The predicted octanol–water partition coefficient (Wildman–Crippen LogP) is 14.2. The van der Waals surface area contributed by atoms with Gasteiger partial charge in [-0.3, -0.25) is 18.6 Å². The highest BCUT2D eigenvalue weighted by molar-refractivity contribution is 7.47. The van der Waals surface area contributed by atoms with Gasteiger partial charge in [-0.25, -0.2) is 4.57 Å². The lowest BCUT2D eigenvalue weighted by atomic mass is 10.0. The molecule has 0 spiro atoms. The predicted molar refractivity (Wildman–Crippen MR) is 238 cm³/mol. The maximum atomic E-state index is 12.6. The van der Waals surface area contributed by atoms with Crippen molar-refractivity contribution in [1.82, 2.24) is 0 Å². The lowest BCUT2D eigenvalue weighted by molar-refractivity contribution is -0.161. The van der Waals surface area contributed by atoms with Crippen LogP contribution >= 0.6 is 7.82 Å². The van der Waals surface area contributed by atoms with Crippen molar-refractivity contribution in [2.75, 3.05) is 26.4 Å². The van der Waals surface area contributed by atoms with Crippen molar-refractivity contribution in [2.45, 2.75) is 251 Å². The van der Waals surface area contributed by atoms with E-state index in [1.165, 1.54) is 161 Å². The van der Waals surface area contributed by atoms with E-state index in [4.69, 9.17) is 24.3 Å². The Labute approximate surface area is 351 Å². The van der Waals surface area contributed by atoms with Crippen LogP contribution < -0.4 is 5.73 Å². The maximum absolute atomic E-state index is 12.6. The molecule has 10 heteroatoms. The van der Waals surface area contributed by atoms with E-state index in [2.05, 4.69) is 26.0 Å². The molecule has 0 aliphatic heterocycles. The van der Waals surface area contributed by atoms with Crippen molar-refractivity contribution >= 4 is 19.8 Å². The first-order chi connectivity index (χ1) is 27.8. The van der Waals surface area contributed by atoms with Crippen LogP contribution in [0.4, 0.5) is 0 Å². The third-order valence-corrected chi connectivity index (χ3v) is 11.6. The van der Waals surface area contributed by atoms with Gasteiger partial charge < -0.3 is 20.1 Å². The molecule has 0 aliphatic carbocycles. The van der Waals surface area contributed by atoms with Crippen LogP contribution in [0.3, 0.4) is 0 Å². The van der Waals surface area contributed by atoms with E-state index in [1.54, 1.807) is 0 Å². The zero-order valence-corrected chi connectivity index (χ0v) is 38.2. The van der Waals surface area contributed by atoms with E-state index in [0.29, 0.717) is 6.42 Å². The van der Waals surface area contributed by atoms with Crippen LogP contribution in [0.1, 0.15) is 245 Å². The molecule has 0 fully saturated rings. The molecule has 0 aromatic carbocycles. The molecule has 9 nitrogen and oxygen atoms in total. The molecule has 338 valence electrons. The summed E-state index contributed by atoms with van der Waals surface area (Å²) in [5, 5.41) is 0.